The van der Waals surface area contributed by atoms with Crippen molar-refractivity contribution in [2.45, 2.75) is 0 Å². The van der Waals surface area contributed by atoms with Crippen LogP contribution in [0.3, 0.4) is 0 Å². The fourth-order valence-electron chi connectivity index (χ4n) is 0.811. The van der Waals surface area contributed by atoms with Gasteiger partial charge >= 0.3 is 59.1 Å². The van der Waals surface area contributed by atoms with E-state index in [0.29, 0.717) is 0 Å². The first-order valence-electron chi connectivity index (χ1n) is 4.77. The van der Waals surface area contributed by atoms with Gasteiger partial charge in [-0.2, -0.15) is 0 Å². The van der Waals surface area contributed by atoms with Gasteiger partial charge in [0.1, 0.15) is 0 Å². The molecule has 0 radical (unpaired) electrons. The third-order valence-corrected chi connectivity index (χ3v) is 1.97. The smallest absolute Gasteiger partial charge is 0.724 e. The van der Waals surface area contributed by atoms with Gasteiger partial charge in [-0.3, -0.25) is 0 Å². The summed E-state index contributed by atoms with van der Waals surface area (Å²) in [5, 5.41) is 0. The normalized spacial score (nSPS) is 10.6. The molecule has 0 N–H and O–H groups in total. The summed E-state index contributed by atoms with van der Waals surface area (Å²) in [6.45, 7) is 3.59. The van der Waals surface area contributed by atoms with Crippen molar-refractivity contribution in [1.29, 1.82) is 0 Å². The Hall–Kier alpha value is 0.440. The van der Waals surface area contributed by atoms with Gasteiger partial charge < -0.3 is 9.11 Å². The molecule has 0 bridgehead atoms. The van der Waals surface area contributed by atoms with Crippen molar-refractivity contribution < 1.29 is 93.7 Å². The molecule has 0 unspecified atom stereocenters. The fraction of sp³-hybridized carbons (Fsp3) is 0. The summed E-state index contributed by atoms with van der Waals surface area (Å²) >= 11 is 0. The number of benzene rings is 1. The Morgan fingerprint density at radius 1 is 0.909 bits per heavy atom. The average Bonchev–Trinajstić information content (AvgIpc) is 2.35. The van der Waals surface area contributed by atoms with Crippen LogP contribution in [0.2, 0.25) is 0 Å². The van der Waals surface area contributed by atoms with Crippen molar-refractivity contribution in [2.24, 2.45) is 0 Å². The predicted molar refractivity (Wildman–Crippen MR) is 67.2 cm³/mol. The van der Waals surface area contributed by atoms with Crippen LogP contribution in [0, 0.1) is 0 Å². The van der Waals surface area contributed by atoms with Crippen molar-refractivity contribution in [3.63, 3.8) is 0 Å². The Morgan fingerprint density at radius 3 is 1.64 bits per heavy atom. The van der Waals surface area contributed by atoms with Crippen LogP contribution in [0.25, 0.3) is 6.08 Å². The minimum atomic E-state index is -5.31. The molecule has 0 aliphatic heterocycles. The molecule has 0 aliphatic carbocycles. The van der Waals surface area contributed by atoms with Gasteiger partial charge in [0.2, 0.25) is 20.8 Å². The first-order chi connectivity index (χ1) is 9.14. The van der Waals surface area contributed by atoms with Crippen molar-refractivity contribution >= 4 is 26.9 Å². The summed E-state index contributed by atoms with van der Waals surface area (Å²) in [7, 11) is -10.6. The number of allylic oxidation sites excluding steroid dienone is 2. The van der Waals surface area contributed by atoms with Crippen molar-refractivity contribution in [2.75, 3.05) is 0 Å². The maximum absolute atomic E-state index is 9.37. The van der Waals surface area contributed by atoms with E-state index in [-0.39, 0.29) is 59.1 Å². The molecule has 1 rings (SSSR count). The summed E-state index contributed by atoms with van der Waals surface area (Å²) in [5.74, 6) is 0. The van der Waals surface area contributed by atoms with E-state index in [9.17, 15) is 25.9 Å². The number of hydrogen-bond donors (Lipinski definition) is 0. The van der Waals surface area contributed by atoms with Gasteiger partial charge in [-0.15, -0.1) is 8.67 Å². The van der Waals surface area contributed by atoms with Crippen LogP contribution in [0.1, 0.15) is 5.56 Å². The molecule has 0 fully saturated rings. The van der Waals surface area contributed by atoms with Crippen LogP contribution in [0.15, 0.2) is 49.1 Å². The second-order valence-electron chi connectivity index (χ2n) is 2.96. The van der Waals surface area contributed by atoms with Crippen LogP contribution in [-0.4, -0.2) is 25.9 Å². The molecular weight excluding hydrogens is 358 g/mol. The molecule has 0 spiro atoms. The fourth-order valence-corrected chi connectivity index (χ4v) is 1.36. The third kappa shape index (κ3) is 20.4. The van der Waals surface area contributed by atoms with Crippen LogP contribution in [0.4, 0.5) is 0 Å². The van der Waals surface area contributed by atoms with Crippen molar-refractivity contribution in [3.8, 4) is 0 Å². The minimum absolute atomic E-state index is 0. The minimum Gasteiger partial charge on any atom is -0.724 e. The summed E-state index contributed by atoms with van der Waals surface area (Å²) in [6.07, 6.45) is 5.72. The van der Waals surface area contributed by atoms with Crippen LogP contribution in [0.5, 0.6) is 0 Å². The molecule has 0 aromatic heterocycles. The first-order valence-corrected chi connectivity index (χ1v) is 7.44. The zero-order valence-electron chi connectivity index (χ0n) is 11.9. The van der Waals surface area contributed by atoms with E-state index >= 15 is 0 Å². The van der Waals surface area contributed by atoms with E-state index in [1.807, 2.05) is 30.4 Å². The Morgan fingerprint density at radius 2 is 1.32 bits per heavy atom. The Labute approximate surface area is 173 Å². The summed E-state index contributed by atoms with van der Waals surface area (Å²) in [5.41, 5.74) is 1.21. The van der Waals surface area contributed by atoms with E-state index in [1.165, 1.54) is 5.56 Å². The largest absolute Gasteiger partial charge is 1.00 e. The zero-order chi connectivity index (χ0) is 15.6. The molecule has 0 amide bonds. The molecular formula is C10H10Na2O8S2. The second-order valence-corrected chi connectivity index (χ2v) is 4.86. The Balaban J connectivity index is -0.000000301. The zero-order valence-corrected chi connectivity index (χ0v) is 17.5. The molecule has 0 saturated carbocycles. The average molecular weight is 368 g/mol. The molecule has 0 saturated heterocycles. The Kier molecular flexibility index (Phi) is 17.2. The SMILES string of the molecule is C=CC=Cc1ccccc1.O=S(=O)([O-])OOS(=O)(=O)[O-].[Na+].[Na+]. The predicted octanol–water partition coefficient (Wildman–Crippen LogP) is -5.25. The molecule has 0 aliphatic rings. The quantitative estimate of drug-likeness (QED) is 0.126. The molecule has 1 aromatic carbocycles. The van der Waals surface area contributed by atoms with Crippen LogP contribution >= 0.6 is 0 Å². The summed E-state index contributed by atoms with van der Waals surface area (Å²) < 4.78 is 61.5. The van der Waals surface area contributed by atoms with Gasteiger partial charge in [0, 0.05) is 0 Å². The van der Waals surface area contributed by atoms with E-state index in [4.69, 9.17) is 0 Å². The van der Waals surface area contributed by atoms with Gasteiger partial charge in [-0.1, -0.05) is 55.1 Å². The molecule has 22 heavy (non-hydrogen) atoms. The standard InChI is InChI=1S/C10H10.2Na.H2O8S2/c1-2-3-7-10-8-5-4-6-9-10;;;1-9(2,3)7-8-10(4,5)6/h2-9H,1H2;;;(H,1,2,3)(H,4,5,6)/q;2*+1;/p-2. The van der Waals surface area contributed by atoms with E-state index in [2.05, 4.69) is 27.4 Å². The molecule has 8 nitrogen and oxygen atoms in total. The van der Waals surface area contributed by atoms with Gasteiger partial charge in [0.25, 0.3) is 0 Å². The Bertz CT molecular complexity index is 609. The van der Waals surface area contributed by atoms with Gasteiger partial charge in [-0.05, 0) is 5.56 Å². The summed E-state index contributed by atoms with van der Waals surface area (Å²) in [6, 6.07) is 10.1. The second kappa shape index (κ2) is 13.8. The monoisotopic (exact) mass is 368 g/mol. The first kappa shape index (κ1) is 27.3. The van der Waals surface area contributed by atoms with Crippen LogP contribution in [-0.2, 0) is 29.5 Å². The molecule has 1 aromatic rings. The van der Waals surface area contributed by atoms with Crippen LogP contribution < -0.4 is 59.1 Å². The maximum atomic E-state index is 9.37. The number of hydrogen-bond acceptors (Lipinski definition) is 8. The van der Waals surface area contributed by atoms with Gasteiger partial charge in [0.05, 0.1) is 0 Å². The number of rotatable bonds is 5. The maximum Gasteiger partial charge on any atom is 1.00 e. The topological polar surface area (TPSA) is 133 Å². The van der Waals surface area contributed by atoms with Crippen molar-refractivity contribution in [3.05, 3.63) is 54.6 Å². The molecule has 0 heterocycles. The van der Waals surface area contributed by atoms with E-state index < -0.39 is 20.8 Å². The molecule has 112 valence electrons. The molecule has 0 atom stereocenters. The molecule has 12 heteroatoms. The van der Waals surface area contributed by atoms with E-state index in [0.717, 1.165) is 0 Å². The summed E-state index contributed by atoms with van der Waals surface area (Å²) in [4.78, 5) is 0. The van der Waals surface area contributed by atoms with Gasteiger partial charge in [-0.25, -0.2) is 16.8 Å². The third-order valence-electron chi connectivity index (χ3n) is 1.42. The van der Waals surface area contributed by atoms with E-state index in [1.54, 1.807) is 6.08 Å². The van der Waals surface area contributed by atoms with Crippen molar-refractivity contribution in [1.82, 2.24) is 0 Å². The van der Waals surface area contributed by atoms with Gasteiger partial charge in [0.15, 0.2) is 0 Å².